The minimum Gasteiger partial charge on any atom is -0.395 e. The van der Waals surface area contributed by atoms with Gasteiger partial charge >= 0.3 is 0 Å². The van der Waals surface area contributed by atoms with E-state index in [9.17, 15) is 14.4 Å². The number of aldehydes is 1. The number of carbonyl (C=O) groups excluding carboxylic acids is 3. The summed E-state index contributed by atoms with van der Waals surface area (Å²) in [5.74, 6) is -0.264. The molecule has 0 aromatic rings. The highest BCUT2D eigenvalue weighted by Gasteiger charge is 2.04. The maximum atomic E-state index is 11.4. The van der Waals surface area contributed by atoms with E-state index in [1.807, 2.05) is 0 Å². The van der Waals surface area contributed by atoms with E-state index in [0.29, 0.717) is 25.8 Å². The number of amides is 2. The maximum absolute atomic E-state index is 11.4. The molecule has 19 heavy (non-hydrogen) atoms. The Kier molecular flexibility index (Phi) is 10.4. The van der Waals surface area contributed by atoms with Crippen molar-refractivity contribution in [2.24, 2.45) is 0 Å². The Hall–Kier alpha value is -1.69. The molecule has 0 aliphatic heterocycles. The van der Waals surface area contributed by atoms with Gasteiger partial charge in [-0.05, 0) is 18.9 Å². The van der Waals surface area contributed by atoms with Crippen LogP contribution in [-0.2, 0) is 14.4 Å². The van der Waals surface area contributed by atoms with Crippen molar-refractivity contribution in [1.29, 1.82) is 0 Å². The number of aliphatic hydroxyl groups is 1. The lowest BCUT2D eigenvalue weighted by Gasteiger charge is -2.14. The molecule has 2 N–H and O–H groups in total. The third kappa shape index (κ3) is 9.96. The van der Waals surface area contributed by atoms with E-state index in [0.717, 1.165) is 19.3 Å². The van der Waals surface area contributed by atoms with Gasteiger partial charge in [-0.2, -0.15) is 0 Å². The number of nitrogens with one attached hydrogen (secondary N) is 1. The van der Waals surface area contributed by atoms with Gasteiger partial charge in [0.15, 0.2) is 0 Å². The summed E-state index contributed by atoms with van der Waals surface area (Å²) in [6.45, 7) is 0.840. The fourth-order valence-electron chi connectivity index (χ4n) is 1.45. The molecule has 0 fully saturated rings. The first-order valence-corrected chi connectivity index (χ1v) is 6.36. The van der Waals surface area contributed by atoms with Gasteiger partial charge in [0.25, 0.3) is 0 Å². The molecule has 6 nitrogen and oxygen atoms in total. The number of hydrogen-bond acceptors (Lipinski definition) is 4. The quantitative estimate of drug-likeness (QED) is 0.329. The van der Waals surface area contributed by atoms with Crippen molar-refractivity contribution in [3.63, 3.8) is 0 Å². The van der Waals surface area contributed by atoms with E-state index in [4.69, 9.17) is 5.11 Å². The molecular formula is C13H22N2O4. The smallest absolute Gasteiger partial charge is 0.246 e. The number of hydrogen-bond donors (Lipinski definition) is 2. The minimum absolute atomic E-state index is 0.0487. The van der Waals surface area contributed by atoms with Crippen molar-refractivity contribution < 1.29 is 19.5 Å². The van der Waals surface area contributed by atoms with Gasteiger partial charge < -0.3 is 15.3 Å². The number of carbonyl (C=O) groups is 3. The zero-order chi connectivity index (χ0) is 14.5. The van der Waals surface area contributed by atoms with Crippen LogP contribution in [0.5, 0.6) is 0 Å². The zero-order valence-electron chi connectivity index (χ0n) is 11.3. The number of rotatable bonds is 10. The Morgan fingerprint density at radius 2 is 2.00 bits per heavy atom. The van der Waals surface area contributed by atoms with Gasteiger partial charge in [-0.3, -0.25) is 14.4 Å². The molecule has 0 aromatic carbocycles. The molecule has 6 heteroatoms. The lowest BCUT2D eigenvalue weighted by Crippen LogP contribution is -2.26. The first-order valence-electron chi connectivity index (χ1n) is 6.36. The average molecular weight is 270 g/mol. The van der Waals surface area contributed by atoms with Crippen LogP contribution in [0.15, 0.2) is 12.2 Å². The van der Waals surface area contributed by atoms with Crippen LogP contribution in [0.3, 0.4) is 0 Å². The molecule has 0 atom stereocenters. The SMILES string of the molecule is CN(CCCCCC(=O)NCCO)C(=O)/C=C\C=O. The highest BCUT2D eigenvalue weighted by Crippen LogP contribution is 2.01. The molecule has 2 amide bonds. The van der Waals surface area contributed by atoms with E-state index < -0.39 is 0 Å². The van der Waals surface area contributed by atoms with Gasteiger partial charge in [-0.15, -0.1) is 0 Å². The van der Waals surface area contributed by atoms with E-state index in [2.05, 4.69) is 5.32 Å². The monoisotopic (exact) mass is 270 g/mol. The van der Waals surface area contributed by atoms with E-state index in [-0.39, 0.29) is 18.4 Å². The molecule has 0 bridgehead atoms. The number of aliphatic hydroxyl groups excluding tert-OH is 1. The van der Waals surface area contributed by atoms with Crippen molar-refractivity contribution in [2.75, 3.05) is 26.7 Å². The highest BCUT2D eigenvalue weighted by molar-refractivity contribution is 5.90. The molecule has 0 spiro atoms. The fourth-order valence-corrected chi connectivity index (χ4v) is 1.45. The first kappa shape index (κ1) is 17.3. The Morgan fingerprint density at radius 3 is 2.63 bits per heavy atom. The van der Waals surface area contributed by atoms with Crippen molar-refractivity contribution in [3.8, 4) is 0 Å². The molecule has 0 aromatic heterocycles. The molecule has 0 heterocycles. The summed E-state index contributed by atoms with van der Waals surface area (Å²) in [5, 5.41) is 11.1. The molecule has 0 rings (SSSR count). The van der Waals surface area contributed by atoms with Crippen LogP contribution in [0, 0.1) is 0 Å². The average Bonchev–Trinajstić information content (AvgIpc) is 2.41. The number of allylic oxidation sites excluding steroid dienone is 1. The third-order valence-corrected chi connectivity index (χ3v) is 2.52. The summed E-state index contributed by atoms with van der Waals surface area (Å²) in [5.41, 5.74) is 0. The topological polar surface area (TPSA) is 86.7 Å². The molecule has 0 aliphatic carbocycles. The Bertz CT molecular complexity index is 316. The molecule has 0 aliphatic rings. The van der Waals surface area contributed by atoms with Gasteiger partial charge in [0.2, 0.25) is 11.8 Å². The van der Waals surface area contributed by atoms with Gasteiger partial charge in [0.05, 0.1) is 6.61 Å². The molecule has 0 radical (unpaired) electrons. The standard InChI is InChI=1S/C13H22N2O4/c1-15(13(19)7-5-10-16)9-4-2-3-6-12(18)14-8-11-17/h5,7,10,17H,2-4,6,8-9,11H2,1H3,(H,14,18)/b7-5-. The van der Waals surface area contributed by atoms with Crippen molar-refractivity contribution in [3.05, 3.63) is 12.2 Å². The summed E-state index contributed by atoms with van der Waals surface area (Å²) in [7, 11) is 1.67. The highest BCUT2D eigenvalue weighted by atomic mass is 16.3. The summed E-state index contributed by atoms with van der Waals surface area (Å²) in [4.78, 5) is 34.2. The second-order valence-corrected chi connectivity index (χ2v) is 4.14. The zero-order valence-corrected chi connectivity index (χ0v) is 11.3. The molecular weight excluding hydrogens is 248 g/mol. The number of likely N-dealkylation sites (N-methyl/N-ethyl adjacent to an activating group) is 1. The number of unbranched alkanes of at least 4 members (excludes halogenated alkanes) is 2. The van der Waals surface area contributed by atoms with Crippen LogP contribution in [0.4, 0.5) is 0 Å². The van der Waals surface area contributed by atoms with Crippen LogP contribution in [-0.4, -0.2) is 54.9 Å². The Balaban J connectivity index is 3.58. The predicted molar refractivity (Wildman–Crippen MR) is 71.4 cm³/mol. The number of nitrogens with zero attached hydrogens (tertiary/aromatic N) is 1. The Labute approximate surface area is 113 Å². The van der Waals surface area contributed by atoms with Crippen LogP contribution < -0.4 is 5.32 Å². The lowest BCUT2D eigenvalue weighted by molar-refractivity contribution is -0.125. The summed E-state index contributed by atoms with van der Waals surface area (Å²) < 4.78 is 0. The van der Waals surface area contributed by atoms with Gasteiger partial charge in [0.1, 0.15) is 6.29 Å². The van der Waals surface area contributed by atoms with Crippen LogP contribution in [0.1, 0.15) is 25.7 Å². The van der Waals surface area contributed by atoms with Gasteiger partial charge in [0, 0.05) is 32.6 Å². The minimum atomic E-state index is -0.201. The van der Waals surface area contributed by atoms with Gasteiger partial charge in [-0.1, -0.05) is 6.42 Å². The van der Waals surface area contributed by atoms with Crippen LogP contribution >= 0.6 is 0 Å². The summed E-state index contributed by atoms with van der Waals surface area (Å²) in [6.07, 6.45) is 5.81. The van der Waals surface area contributed by atoms with Crippen LogP contribution in [0.2, 0.25) is 0 Å². The molecule has 0 saturated heterocycles. The van der Waals surface area contributed by atoms with E-state index in [1.54, 1.807) is 7.05 Å². The second kappa shape index (κ2) is 11.4. The summed E-state index contributed by atoms with van der Waals surface area (Å²) in [6, 6.07) is 0. The molecule has 0 unspecified atom stereocenters. The first-order chi connectivity index (χ1) is 9.11. The van der Waals surface area contributed by atoms with Crippen molar-refractivity contribution in [1.82, 2.24) is 10.2 Å². The second-order valence-electron chi connectivity index (χ2n) is 4.14. The third-order valence-electron chi connectivity index (χ3n) is 2.52. The Morgan fingerprint density at radius 1 is 1.26 bits per heavy atom. The summed E-state index contributed by atoms with van der Waals surface area (Å²) >= 11 is 0. The lowest BCUT2D eigenvalue weighted by atomic mass is 10.2. The van der Waals surface area contributed by atoms with E-state index in [1.165, 1.54) is 17.1 Å². The maximum Gasteiger partial charge on any atom is 0.246 e. The predicted octanol–water partition coefficient (Wildman–Crippen LogP) is -0.131. The van der Waals surface area contributed by atoms with Crippen LogP contribution in [0.25, 0.3) is 0 Å². The van der Waals surface area contributed by atoms with Gasteiger partial charge in [-0.25, -0.2) is 0 Å². The molecule has 108 valence electrons. The normalized spacial score (nSPS) is 10.4. The largest absolute Gasteiger partial charge is 0.395 e. The molecule has 0 saturated carbocycles. The fraction of sp³-hybridized carbons (Fsp3) is 0.615. The van der Waals surface area contributed by atoms with Crippen molar-refractivity contribution >= 4 is 18.1 Å². The van der Waals surface area contributed by atoms with Crippen molar-refractivity contribution in [2.45, 2.75) is 25.7 Å². The van der Waals surface area contributed by atoms with E-state index >= 15 is 0 Å².